The molecule has 2 saturated heterocycles. The number of fused-ring (bicyclic) bond motifs is 2. The van der Waals surface area contributed by atoms with Crippen molar-refractivity contribution in [1.29, 1.82) is 0 Å². The molecule has 2 aliphatic heterocycles. The van der Waals surface area contributed by atoms with Gasteiger partial charge in [0.1, 0.15) is 23.1 Å². The van der Waals surface area contributed by atoms with Crippen molar-refractivity contribution in [1.82, 2.24) is 60.5 Å². The Balaban J connectivity index is 1.19. The summed E-state index contributed by atoms with van der Waals surface area (Å²) < 4.78 is 98.9. The van der Waals surface area contributed by atoms with Gasteiger partial charge in [0.2, 0.25) is 0 Å². The molecule has 10 rings (SSSR count). The molecule has 2 N–H and O–H groups in total. The summed E-state index contributed by atoms with van der Waals surface area (Å²) in [5.74, 6) is 1.26. The molecule has 18 nitrogen and oxygen atoms in total. The van der Waals surface area contributed by atoms with Crippen LogP contribution in [-0.4, -0.2) is 116 Å². The number of nitrogens with one attached hydrogen (secondary N) is 2. The zero-order valence-electron chi connectivity index (χ0n) is 37.2. The highest BCUT2D eigenvalue weighted by Crippen LogP contribution is 2.42. The first kappa shape index (κ1) is 45.7. The number of aromatic nitrogens is 10. The lowest BCUT2D eigenvalue weighted by molar-refractivity contribution is -0.138. The number of methoxy groups -OCH3 is 2. The van der Waals surface area contributed by atoms with E-state index in [-0.39, 0.29) is 23.3 Å². The quantitative estimate of drug-likeness (QED) is 0.0993. The Labute approximate surface area is 394 Å². The molecule has 358 valence electrons. The lowest BCUT2D eigenvalue weighted by Crippen LogP contribution is -2.44. The van der Waals surface area contributed by atoms with Gasteiger partial charge in [0, 0.05) is 88.3 Å². The minimum atomic E-state index is -4.86. The number of hydrogen-bond acceptors (Lipinski definition) is 18. The van der Waals surface area contributed by atoms with Gasteiger partial charge >= 0.3 is 12.4 Å². The first-order chi connectivity index (χ1) is 33.9. The monoisotopic (exact) mass is 962 g/mol. The molecule has 8 aromatic rings. The van der Waals surface area contributed by atoms with Gasteiger partial charge in [-0.15, -0.1) is 0 Å². The smallest absolute Gasteiger partial charge is 0.416 e. The molecule has 0 unspecified atom stereocenters. The van der Waals surface area contributed by atoms with Crippen molar-refractivity contribution in [2.75, 3.05) is 86.4 Å². The van der Waals surface area contributed by atoms with Gasteiger partial charge in [0.25, 0.3) is 0 Å². The average molecular weight is 963 g/mol. The fraction of sp³-hybridized carbons (Fsp3) is 0.261. The van der Waals surface area contributed by atoms with Crippen LogP contribution in [0.2, 0.25) is 0 Å². The van der Waals surface area contributed by atoms with Crippen LogP contribution in [0.1, 0.15) is 11.1 Å². The van der Waals surface area contributed by atoms with E-state index in [1.54, 1.807) is 36.9 Å². The molecule has 2 fully saturated rings. The van der Waals surface area contributed by atoms with Crippen molar-refractivity contribution in [3.05, 3.63) is 109 Å². The van der Waals surface area contributed by atoms with Crippen molar-refractivity contribution in [2.45, 2.75) is 12.4 Å². The fourth-order valence-corrected chi connectivity index (χ4v) is 8.26. The number of halogens is 6. The minimum Gasteiger partial charge on any atom is -0.494 e. The van der Waals surface area contributed by atoms with Gasteiger partial charge in [-0.25, -0.2) is 49.9 Å². The molecule has 0 radical (unpaired) electrons. The molecule has 0 aromatic carbocycles. The first-order valence-electron chi connectivity index (χ1n) is 21.8. The van der Waals surface area contributed by atoms with Crippen LogP contribution in [0.25, 0.3) is 44.6 Å². The van der Waals surface area contributed by atoms with E-state index in [1.165, 1.54) is 38.7 Å². The molecular formula is C46H40F6N16O2. The van der Waals surface area contributed by atoms with Crippen LogP contribution in [0.3, 0.4) is 0 Å². The highest BCUT2D eigenvalue weighted by atomic mass is 19.4. The molecule has 10 heterocycles. The van der Waals surface area contributed by atoms with E-state index >= 15 is 0 Å². The number of alkyl halides is 6. The topological polar surface area (TPSA) is 184 Å². The lowest BCUT2D eigenvalue weighted by atomic mass is 10.2. The van der Waals surface area contributed by atoms with E-state index in [2.05, 4.69) is 50.3 Å². The van der Waals surface area contributed by atoms with Crippen molar-refractivity contribution in [3.8, 4) is 34.3 Å². The van der Waals surface area contributed by atoms with Crippen LogP contribution < -0.4 is 39.9 Å². The maximum absolute atomic E-state index is 14.6. The number of hydrazine groups is 1. The Morgan fingerprint density at radius 3 is 1.24 bits per heavy atom. The van der Waals surface area contributed by atoms with Gasteiger partial charge in [-0.05, 0) is 48.5 Å². The van der Waals surface area contributed by atoms with Crippen LogP contribution in [0, 0.1) is 0 Å². The number of anilines is 6. The van der Waals surface area contributed by atoms with E-state index in [4.69, 9.17) is 29.4 Å². The average Bonchev–Trinajstić information content (AvgIpc) is 3.39. The number of hydrogen-bond donors (Lipinski definition) is 2. The van der Waals surface area contributed by atoms with E-state index in [1.807, 2.05) is 0 Å². The van der Waals surface area contributed by atoms with Crippen LogP contribution in [0.4, 0.5) is 61.2 Å². The Morgan fingerprint density at radius 1 is 0.500 bits per heavy atom. The van der Waals surface area contributed by atoms with Crippen molar-refractivity contribution in [2.24, 2.45) is 0 Å². The van der Waals surface area contributed by atoms with Crippen molar-refractivity contribution in [3.63, 3.8) is 0 Å². The molecule has 0 saturated carbocycles. The molecule has 70 heavy (non-hydrogen) atoms. The number of ether oxygens (including phenoxy) is 2. The summed E-state index contributed by atoms with van der Waals surface area (Å²) in [6.45, 7) is 5.12. The maximum atomic E-state index is 14.6. The summed E-state index contributed by atoms with van der Waals surface area (Å²) in [5.41, 5.74) is -0.674. The minimum absolute atomic E-state index is 0.131. The van der Waals surface area contributed by atoms with Gasteiger partial charge in [-0.2, -0.15) is 26.3 Å². The highest BCUT2D eigenvalue weighted by molar-refractivity contribution is 5.97. The molecule has 0 spiro atoms. The number of pyridine rings is 6. The Kier molecular flexibility index (Phi) is 12.2. The molecule has 0 amide bonds. The third kappa shape index (κ3) is 9.00. The highest BCUT2D eigenvalue weighted by Gasteiger charge is 2.36. The molecule has 0 atom stereocenters. The number of nitrogens with zero attached hydrogens (tertiary/aromatic N) is 14. The van der Waals surface area contributed by atoms with Crippen molar-refractivity contribution < 1.29 is 35.8 Å². The lowest BCUT2D eigenvalue weighted by Gasteiger charge is -2.35. The summed E-state index contributed by atoms with van der Waals surface area (Å²) in [7, 11) is 3.03. The zero-order chi connectivity index (χ0) is 48.6. The Morgan fingerprint density at radius 2 is 0.871 bits per heavy atom. The molecular weight excluding hydrogens is 923 g/mol. The molecule has 2 aliphatic rings. The second kappa shape index (κ2) is 18.8. The van der Waals surface area contributed by atoms with Gasteiger partial charge in [-0.1, -0.05) is 0 Å². The van der Waals surface area contributed by atoms with Gasteiger partial charge in [-0.3, -0.25) is 9.97 Å². The summed E-state index contributed by atoms with van der Waals surface area (Å²) >= 11 is 0. The summed E-state index contributed by atoms with van der Waals surface area (Å²) in [4.78, 5) is 50.4. The zero-order valence-corrected chi connectivity index (χ0v) is 37.2. The van der Waals surface area contributed by atoms with Crippen LogP contribution in [0.15, 0.2) is 98.1 Å². The van der Waals surface area contributed by atoms with E-state index in [9.17, 15) is 26.3 Å². The predicted molar refractivity (Wildman–Crippen MR) is 247 cm³/mol. The van der Waals surface area contributed by atoms with Gasteiger partial charge < -0.3 is 29.9 Å². The van der Waals surface area contributed by atoms with Crippen molar-refractivity contribution >= 4 is 56.7 Å². The Hall–Kier alpha value is -8.12. The van der Waals surface area contributed by atoms with E-state index < -0.39 is 35.1 Å². The molecule has 24 heteroatoms. The number of piperazine rings is 2. The maximum Gasteiger partial charge on any atom is 0.416 e. The molecule has 8 aromatic heterocycles. The normalized spacial score (nSPS) is 14.5. The summed E-state index contributed by atoms with van der Waals surface area (Å²) in [6, 6.07) is 9.20. The molecule has 0 aliphatic carbocycles. The number of rotatable bonds is 11. The van der Waals surface area contributed by atoms with Gasteiger partial charge in [0.05, 0.1) is 71.9 Å². The van der Waals surface area contributed by atoms with Crippen LogP contribution in [-0.2, 0) is 12.4 Å². The molecule has 0 bridgehead atoms. The summed E-state index contributed by atoms with van der Waals surface area (Å²) in [5, 5.41) is 10.1. The predicted octanol–water partition coefficient (Wildman–Crippen LogP) is 7.04. The second-order valence-corrected chi connectivity index (χ2v) is 15.9. The standard InChI is InChI=1S/C46H40F6N16O2/c1-69-33-25-55-23-31-39(33)43(65-15-11-53-12-16-65)63-41(61-31)27-3-7-57-35(19-27)67(37-21-29(5-9-59-37)45(47,48)49)68(38-22-30(6-10-60-38)46(50,51)52)36-20-28(4-8-58-36)42-62-32-24-56-26-34(70-2)40(32)44(64-42)66-17-13-54-14-18-66/h3-10,19-26,53-54H,11-18H2,1-2H3. The SMILES string of the molecule is COc1cncc2nc(-c3ccnc(N(c4cc(C(F)(F)F)ccn4)N(c4cc(-c5nc(N6CCNCC6)c6c(OC)cncc6n5)ccn4)c4cc(C(F)(F)F)ccn4)c3)nc(N3CCNCC3)c12. The van der Waals surface area contributed by atoms with Crippen LogP contribution >= 0.6 is 0 Å². The second-order valence-electron chi connectivity index (χ2n) is 15.9. The Bertz CT molecular complexity index is 2990. The fourth-order valence-electron chi connectivity index (χ4n) is 8.26. The third-order valence-corrected chi connectivity index (χ3v) is 11.6. The third-order valence-electron chi connectivity index (χ3n) is 11.6. The van der Waals surface area contributed by atoms with E-state index in [0.717, 1.165) is 46.7 Å². The van der Waals surface area contributed by atoms with Crippen LogP contribution in [0.5, 0.6) is 11.5 Å². The summed E-state index contributed by atoms with van der Waals surface area (Å²) in [6.07, 6.45) is 1.14. The van der Waals surface area contributed by atoms with E-state index in [0.29, 0.717) is 108 Å². The largest absolute Gasteiger partial charge is 0.494 e. The first-order valence-corrected chi connectivity index (χ1v) is 21.8. The van der Waals surface area contributed by atoms with Gasteiger partial charge in [0.15, 0.2) is 34.9 Å².